The first-order chi connectivity index (χ1) is 12.6. The number of aromatic nitrogens is 3. The van der Waals surface area contributed by atoms with E-state index < -0.39 is 0 Å². The average molecular weight is 357 g/mol. The second-order valence-electron chi connectivity index (χ2n) is 7.57. The number of nitrogens with zero attached hydrogens (tertiary/aromatic N) is 5. The topological polar surface area (TPSA) is 67.4 Å². The summed E-state index contributed by atoms with van der Waals surface area (Å²) in [5.41, 5.74) is 3.41. The molecule has 2 aromatic rings. The van der Waals surface area contributed by atoms with E-state index in [-0.39, 0.29) is 5.91 Å². The molecule has 0 N–H and O–H groups in total. The molecule has 2 fully saturated rings. The number of carbonyl (C=O) groups is 1. The van der Waals surface area contributed by atoms with Crippen LogP contribution in [0.3, 0.4) is 0 Å². The fourth-order valence-electron chi connectivity index (χ4n) is 4.04. The maximum absolute atomic E-state index is 12.5. The van der Waals surface area contributed by atoms with Gasteiger partial charge >= 0.3 is 0 Å². The predicted molar refractivity (Wildman–Crippen MR) is 96.8 cm³/mol. The fourth-order valence-corrected chi connectivity index (χ4v) is 4.04. The van der Waals surface area contributed by atoms with Crippen molar-refractivity contribution in [2.24, 2.45) is 7.05 Å². The first-order valence-electron chi connectivity index (χ1n) is 9.57. The van der Waals surface area contributed by atoms with Crippen molar-refractivity contribution in [2.75, 3.05) is 26.2 Å². The molecule has 1 unspecified atom stereocenters. The average Bonchev–Trinajstić information content (AvgIpc) is 3.40. The number of piperidine rings is 1. The Hall–Kier alpha value is -2.15. The quantitative estimate of drug-likeness (QED) is 0.840. The largest absolute Gasteiger partial charge is 0.351 e. The zero-order valence-corrected chi connectivity index (χ0v) is 15.6. The molecule has 0 aromatic carbocycles. The van der Waals surface area contributed by atoms with Crippen molar-refractivity contribution in [1.29, 1.82) is 0 Å². The Morgan fingerprint density at radius 3 is 2.81 bits per heavy atom. The number of hydrogen-bond acceptors (Lipinski definition) is 5. The molecule has 140 valence electrons. The summed E-state index contributed by atoms with van der Waals surface area (Å²) in [4.78, 5) is 16.8. The van der Waals surface area contributed by atoms with Crippen molar-refractivity contribution >= 4 is 5.91 Å². The Balaban J connectivity index is 1.41. The molecule has 0 aliphatic carbocycles. The number of aryl methyl sites for hydroxylation is 1. The zero-order chi connectivity index (χ0) is 18.1. The van der Waals surface area contributed by atoms with Crippen LogP contribution in [0.25, 0.3) is 0 Å². The molecular weight excluding hydrogens is 330 g/mol. The van der Waals surface area contributed by atoms with Gasteiger partial charge in [0.15, 0.2) is 0 Å². The molecule has 0 bridgehead atoms. The molecule has 2 aliphatic rings. The summed E-state index contributed by atoms with van der Waals surface area (Å²) in [7, 11) is 1.98. The third-order valence-corrected chi connectivity index (χ3v) is 5.79. The highest BCUT2D eigenvalue weighted by atomic mass is 16.5. The van der Waals surface area contributed by atoms with E-state index in [1.165, 1.54) is 11.3 Å². The summed E-state index contributed by atoms with van der Waals surface area (Å²) in [6.07, 6.45) is 6.34. The van der Waals surface area contributed by atoms with Crippen LogP contribution in [-0.2, 0) is 13.6 Å². The molecule has 0 saturated carbocycles. The highest BCUT2D eigenvalue weighted by molar-refractivity contribution is 5.91. The van der Waals surface area contributed by atoms with Gasteiger partial charge in [-0.25, -0.2) is 0 Å². The van der Waals surface area contributed by atoms with Crippen LogP contribution in [0, 0.1) is 6.92 Å². The minimum absolute atomic E-state index is 0.0140. The molecular formula is C19H27N5O2. The molecule has 7 nitrogen and oxygen atoms in total. The van der Waals surface area contributed by atoms with Crippen LogP contribution in [-0.4, -0.2) is 56.8 Å². The lowest BCUT2D eigenvalue weighted by Crippen LogP contribution is -2.34. The number of likely N-dealkylation sites (tertiary alicyclic amines) is 2. The van der Waals surface area contributed by atoms with Gasteiger partial charge in [0.2, 0.25) is 5.76 Å². The van der Waals surface area contributed by atoms with Gasteiger partial charge in [-0.1, -0.05) is 5.16 Å². The van der Waals surface area contributed by atoms with Crippen LogP contribution >= 0.6 is 0 Å². The van der Waals surface area contributed by atoms with E-state index in [9.17, 15) is 4.79 Å². The summed E-state index contributed by atoms with van der Waals surface area (Å²) in [6, 6.07) is 1.87. The molecule has 2 aliphatic heterocycles. The van der Waals surface area contributed by atoms with Crippen molar-refractivity contribution < 1.29 is 9.32 Å². The molecule has 1 amide bonds. The van der Waals surface area contributed by atoms with E-state index in [1.54, 1.807) is 0 Å². The second kappa shape index (κ2) is 7.23. The van der Waals surface area contributed by atoms with Crippen LogP contribution in [0.5, 0.6) is 0 Å². The maximum Gasteiger partial charge on any atom is 0.292 e. The molecule has 26 heavy (non-hydrogen) atoms. The SMILES string of the molecule is Cc1c(CN2CCCC(c3cc(C(=O)N4CCCC4)on3)C2)cnn1C. The second-order valence-corrected chi connectivity index (χ2v) is 7.57. The number of hydrogen-bond donors (Lipinski definition) is 0. The van der Waals surface area contributed by atoms with Crippen molar-refractivity contribution in [3.8, 4) is 0 Å². The highest BCUT2D eigenvalue weighted by Gasteiger charge is 2.28. The Kier molecular flexibility index (Phi) is 4.80. The Morgan fingerprint density at radius 2 is 2.08 bits per heavy atom. The summed E-state index contributed by atoms with van der Waals surface area (Å²) < 4.78 is 7.32. The molecule has 4 rings (SSSR count). The van der Waals surface area contributed by atoms with Crippen LogP contribution in [0.15, 0.2) is 16.8 Å². The van der Waals surface area contributed by atoms with Gasteiger partial charge in [-0.3, -0.25) is 14.4 Å². The minimum Gasteiger partial charge on any atom is -0.351 e. The molecule has 0 radical (unpaired) electrons. The molecule has 2 aromatic heterocycles. The third kappa shape index (κ3) is 3.40. The van der Waals surface area contributed by atoms with E-state index in [0.29, 0.717) is 11.7 Å². The Bertz CT molecular complexity index is 775. The van der Waals surface area contributed by atoms with Crippen molar-refractivity contribution in [3.05, 3.63) is 35.0 Å². The van der Waals surface area contributed by atoms with Crippen LogP contribution in [0.4, 0.5) is 0 Å². The van der Waals surface area contributed by atoms with E-state index in [2.05, 4.69) is 22.1 Å². The van der Waals surface area contributed by atoms with E-state index in [1.807, 2.05) is 28.9 Å². The number of rotatable bonds is 4. The Labute approximate surface area is 153 Å². The van der Waals surface area contributed by atoms with Crippen LogP contribution in [0.2, 0.25) is 0 Å². The third-order valence-electron chi connectivity index (χ3n) is 5.79. The first kappa shape index (κ1) is 17.3. The number of amides is 1. The predicted octanol–water partition coefficient (Wildman–Crippen LogP) is 2.33. The standard InChI is InChI=1S/C19H27N5O2/c1-14-16(11-20-22(14)2)13-23-7-5-6-15(12-23)17-10-18(26-21-17)19(25)24-8-3-4-9-24/h10-11,15H,3-9,12-13H2,1-2H3. The molecule has 1 atom stereocenters. The lowest BCUT2D eigenvalue weighted by atomic mass is 9.94. The zero-order valence-electron chi connectivity index (χ0n) is 15.6. The van der Waals surface area contributed by atoms with E-state index in [0.717, 1.165) is 64.1 Å². The summed E-state index contributed by atoms with van der Waals surface area (Å²) in [5, 5.41) is 8.57. The summed E-state index contributed by atoms with van der Waals surface area (Å²) in [6.45, 7) is 6.71. The van der Waals surface area contributed by atoms with Crippen molar-refractivity contribution in [1.82, 2.24) is 24.7 Å². The molecule has 0 spiro atoms. The van der Waals surface area contributed by atoms with Gasteiger partial charge in [-0.2, -0.15) is 5.10 Å². The minimum atomic E-state index is -0.0140. The lowest BCUT2D eigenvalue weighted by Gasteiger charge is -2.31. The van der Waals surface area contributed by atoms with Crippen LogP contribution in [0.1, 0.15) is 59.1 Å². The molecule has 2 saturated heterocycles. The fraction of sp³-hybridized carbons (Fsp3) is 0.632. The van der Waals surface area contributed by atoms with Gasteiger partial charge in [0.25, 0.3) is 5.91 Å². The van der Waals surface area contributed by atoms with Crippen molar-refractivity contribution in [2.45, 2.75) is 45.1 Å². The van der Waals surface area contributed by atoms with Gasteiger partial charge in [-0.15, -0.1) is 0 Å². The first-order valence-corrected chi connectivity index (χ1v) is 9.57. The van der Waals surface area contributed by atoms with Gasteiger partial charge in [0, 0.05) is 56.5 Å². The highest BCUT2D eigenvalue weighted by Crippen LogP contribution is 2.28. The summed E-state index contributed by atoms with van der Waals surface area (Å²) in [5.74, 6) is 0.701. The monoisotopic (exact) mass is 357 g/mol. The van der Waals surface area contributed by atoms with E-state index >= 15 is 0 Å². The maximum atomic E-state index is 12.5. The smallest absolute Gasteiger partial charge is 0.292 e. The van der Waals surface area contributed by atoms with E-state index in [4.69, 9.17) is 4.52 Å². The molecule has 4 heterocycles. The molecule has 7 heteroatoms. The number of carbonyl (C=O) groups excluding carboxylic acids is 1. The van der Waals surface area contributed by atoms with Gasteiger partial charge < -0.3 is 9.42 Å². The van der Waals surface area contributed by atoms with Gasteiger partial charge in [-0.05, 0) is 39.2 Å². The van der Waals surface area contributed by atoms with Crippen LogP contribution < -0.4 is 0 Å². The van der Waals surface area contributed by atoms with Gasteiger partial charge in [0.1, 0.15) is 0 Å². The summed E-state index contributed by atoms with van der Waals surface area (Å²) >= 11 is 0. The van der Waals surface area contributed by atoms with Gasteiger partial charge in [0.05, 0.1) is 11.9 Å². The lowest BCUT2D eigenvalue weighted by molar-refractivity contribution is 0.0751. The normalized spacial score (nSPS) is 21.5. The van der Waals surface area contributed by atoms with Crippen molar-refractivity contribution in [3.63, 3.8) is 0 Å². The Morgan fingerprint density at radius 1 is 1.27 bits per heavy atom.